The molecule has 3 saturated heterocycles. The minimum atomic E-state index is 0.149. The van der Waals surface area contributed by atoms with Crippen LogP contribution in [-0.2, 0) is 6.42 Å². The lowest BCUT2D eigenvalue weighted by molar-refractivity contribution is 0.137. The van der Waals surface area contributed by atoms with Crippen LogP contribution < -0.4 is 0 Å². The number of benzene rings is 1. The van der Waals surface area contributed by atoms with Crippen LogP contribution in [0.2, 0.25) is 0 Å². The van der Waals surface area contributed by atoms with Crippen LogP contribution in [0.25, 0.3) is 0 Å². The summed E-state index contributed by atoms with van der Waals surface area (Å²) >= 11 is 0. The Bertz CT molecular complexity index is 465. The van der Waals surface area contributed by atoms with Gasteiger partial charge in [-0.15, -0.1) is 0 Å². The second-order valence-electron chi connectivity index (χ2n) is 5.18. The van der Waals surface area contributed by atoms with E-state index in [1.807, 2.05) is 18.2 Å². The molecule has 2 bridgehead atoms. The van der Waals surface area contributed by atoms with Crippen molar-refractivity contribution in [3.05, 3.63) is 29.8 Å². The largest absolute Gasteiger partial charge is 0.508 e. The van der Waals surface area contributed by atoms with Crippen LogP contribution in [0.15, 0.2) is 29.4 Å². The van der Waals surface area contributed by atoms with Crippen LogP contribution in [0.3, 0.4) is 0 Å². The average Bonchev–Trinajstić information content (AvgIpc) is 2.42. The first kappa shape index (κ1) is 11.5. The monoisotopic (exact) mass is 246 g/mol. The zero-order chi connectivity index (χ0) is 12.5. The Morgan fingerprint density at radius 2 is 1.94 bits per heavy atom. The number of phenols is 1. The summed E-state index contributed by atoms with van der Waals surface area (Å²) in [5, 5.41) is 22.6. The molecule has 3 aliphatic rings. The molecule has 3 fully saturated rings. The quantitative estimate of drug-likeness (QED) is 0.618. The van der Waals surface area contributed by atoms with Gasteiger partial charge in [0.2, 0.25) is 0 Å². The molecule has 96 valence electrons. The molecular weight excluding hydrogens is 228 g/mol. The standard InChI is InChI=1S/C14H18N2O2/c17-13-4-2-1-3-11(13)9-12-14(15-18)10-5-7-16(12)8-6-10/h1-4,10,12,17-18H,5-9H2/b15-14+. The van der Waals surface area contributed by atoms with E-state index < -0.39 is 0 Å². The van der Waals surface area contributed by atoms with Gasteiger partial charge in [0, 0.05) is 5.92 Å². The van der Waals surface area contributed by atoms with E-state index in [0.717, 1.165) is 43.6 Å². The van der Waals surface area contributed by atoms with Gasteiger partial charge < -0.3 is 10.3 Å². The van der Waals surface area contributed by atoms with Gasteiger partial charge in [-0.1, -0.05) is 23.4 Å². The molecule has 1 unspecified atom stereocenters. The van der Waals surface area contributed by atoms with Gasteiger partial charge in [-0.25, -0.2) is 0 Å². The van der Waals surface area contributed by atoms with Crippen LogP contribution in [0, 0.1) is 5.92 Å². The number of aromatic hydroxyl groups is 1. The summed E-state index contributed by atoms with van der Waals surface area (Å²) in [6.45, 7) is 2.14. The second-order valence-corrected chi connectivity index (χ2v) is 5.18. The maximum atomic E-state index is 9.85. The van der Waals surface area contributed by atoms with Crippen molar-refractivity contribution in [1.29, 1.82) is 0 Å². The van der Waals surface area contributed by atoms with Crippen LogP contribution in [0.5, 0.6) is 5.75 Å². The summed E-state index contributed by atoms with van der Waals surface area (Å²) < 4.78 is 0. The van der Waals surface area contributed by atoms with Gasteiger partial charge in [-0.05, 0) is 44.0 Å². The van der Waals surface area contributed by atoms with Gasteiger partial charge in [-0.3, -0.25) is 4.90 Å². The highest BCUT2D eigenvalue weighted by Gasteiger charge is 2.39. The SMILES string of the molecule is O/N=C1\C2CCN(CC2)C1Cc1ccccc1O. The number of rotatable bonds is 2. The van der Waals surface area contributed by atoms with E-state index >= 15 is 0 Å². The zero-order valence-electron chi connectivity index (χ0n) is 10.3. The van der Waals surface area contributed by atoms with Gasteiger partial charge in [0.1, 0.15) is 5.75 Å². The molecule has 0 radical (unpaired) electrons. The van der Waals surface area contributed by atoms with E-state index in [-0.39, 0.29) is 6.04 Å². The number of oxime groups is 1. The fourth-order valence-electron chi connectivity index (χ4n) is 3.24. The third-order valence-electron chi connectivity index (χ3n) is 4.25. The van der Waals surface area contributed by atoms with Crippen molar-refractivity contribution in [2.24, 2.45) is 11.1 Å². The first-order valence-electron chi connectivity index (χ1n) is 6.52. The third-order valence-corrected chi connectivity index (χ3v) is 4.25. The topological polar surface area (TPSA) is 56.1 Å². The van der Waals surface area contributed by atoms with E-state index in [0.29, 0.717) is 11.7 Å². The van der Waals surface area contributed by atoms with Crippen molar-refractivity contribution in [2.45, 2.75) is 25.3 Å². The normalized spacial score (nSPS) is 32.9. The Kier molecular flexibility index (Phi) is 2.96. The Morgan fingerprint density at radius 1 is 1.22 bits per heavy atom. The number of para-hydroxylation sites is 1. The molecule has 1 aromatic rings. The summed E-state index contributed by atoms with van der Waals surface area (Å²) in [5.74, 6) is 0.758. The molecule has 4 heteroatoms. The molecule has 18 heavy (non-hydrogen) atoms. The second kappa shape index (κ2) is 4.61. The van der Waals surface area contributed by atoms with Gasteiger partial charge in [-0.2, -0.15) is 0 Å². The van der Waals surface area contributed by atoms with E-state index in [4.69, 9.17) is 0 Å². The zero-order valence-corrected chi connectivity index (χ0v) is 10.3. The number of piperidine rings is 3. The molecule has 0 aromatic heterocycles. The van der Waals surface area contributed by atoms with E-state index in [9.17, 15) is 10.3 Å². The number of nitrogens with zero attached hydrogens (tertiary/aromatic N) is 2. The molecule has 1 atom stereocenters. The van der Waals surface area contributed by atoms with Crippen LogP contribution in [0.1, 0.15) is 18.4 Å². The summed E-state index contributed by atoms with van der Waals surface area (Å²) in [6, 6.07) is 7.56. The maximum Gasteiger partial charge on any atom is 0.118 e. The minimum Gasteiger partial charge on any atom is -0.508 e. The molecule has 3 aliphatic heterocycles. The molecule has 0 spiro atoms. The molecule has 3 heterocycles. The first-order valence-corrected chi connectivity index (χ1v) is 6.52. The van der Waals surface area contributed by atoms with Gasteiger partial charge in [0.15, 0.2) is 0 Å². The molecule has 2 N–H and O–H groups in total. The Morgan fingerprint density at radius 3 is 2.61 bits per heavy atom. The molecule has 0 saturated carbocycles. The highest BCUT2D eigenvalue weighted by Crippen LogP contribution is 2.32. The predicted octanol–water partition coefficient (Wildman–Crippen LogP) is 1.86. The lowest BCUT2D eigenvalue weighted by atomic mass is 9.79. The Hall–Kier alpha value is -1.55. The summed E-state index contributed by atoms with van der Waals surface area (Å²) in [5.41, 5.74) is 1.83. The highest BCUT2D eigenvalue weighted by atomic mass is 16.4. The van der Waals surface area contributed by atoms with Crippen molar-refractivity contribution in [3.8, 4) is 5.75 Å². The third kappa shape index (κ3) is 1.86. The molecule has 0 amide bonds. The maximum absolute atomic E-state index is 9.85. The van der Waals surface area contributed by atoms with Crippen LogP contribution >= 0.6 is 0 Å². The van der Waals surface area contributed by atoms with Crippen molar-refractivity contribution in [2.75, 3.05) is 13.1 Å². The lowest BCUT2D eigenvalue weighted by Gasteiger charge is -2.45. The molecule has 4 rings (SSSR count). The van der Waals surface area contributed by atoms with Gasteiger partial charge in [0.25, 0.3) is 0 Å². The molecule has 1 aromatic carbocycles. The summed E-state index contributed by atoms with van der Waals surface area (Å²) in [7, 11) is 0. The minimum absolute atomic E-state index is 0.149. The van der Waals surface area contributed by atoms with Crippen LogP contribution in [0.4, 0.5) is 0 Å². The Balaban J connectivity index is 1.85. The molecule has 0 aliphatic carbocycles. The molecule has 4 nitrogen and oxygen atoms in total. The van der Waals surface area contributed by atoms with Crippen LogP contribution in [-0.4, -0.2) is 40.1 Å². The van der Waals surface area contributed by atoms with E-state index in [2.05, 4.69) is 10.1 Å². The van der Waals surface area contributed by atoms with Crippen molar-refractivity contribution >= 4 is 5.71 Å². The number of phenolic OH excluding ortho intramolecular Hbond substituents is 1. The molecular formula is C14H18N2O2. The van der Waals surface area contributed by atoms with E-state index in [1.54, 1.807) is 6.07 Å². The van der Waals surface area contributed by atoms with E-state index in [1.165, 1.54) is 0 Å². The number of fused-ring (bicyclic) bond motifs is 3. The fourth-order valence-corrected chi connectivity index (χ4v) is 3.24. The predicted molar refractivity (Wildman–Crippen MR) is 69.1 cm³/mol. The average molecular weight is 246 g/mol. The lowest BCUT2D eigenvalue weighted by Crippen LogP contribution is -2.56. The number of hydrogen-bond acceptors (Lipinski definition) is 4. The van der Waals surface area contributed by atoms with Gasteiger partial charge >= 0.3 is 0 Å². The van der Waals surface area contributed by atoms with Crippen molar-refractivity contribution in [1.82, 2.24) is 4.90 Å². The summed E-state index contributed by atoms with van der Waals surface area (Å²) in [6.07, 6.45) is 2.91. The first-order chi connectivity index (χ1) is 8.79. The van der Waals surface area contributed by atoms with Crippen molar-refractivity contribution < 1.29 is 10.3 Å². The summed E-state index contributed by atoms with van der Waals surface area (Å²) in [4.78, 5) is 2.36. The number of hydrogen-bond donors (Lipinski definition) is 2. The van der Waals surface area contributed by atoms with Crippen molar-refractivity contribution in [3.63, 3.8) is 0 Å². The Labute approximate surface area is 107 Å². The van der Waals surface area contributed by atoms with Gasteiger partial charge in [0.05, 0.1) is 11.8 Å². The smallest absolute Gasteiger partial charge is 0.118 e. The highest BCUT2D eigenvalue weighted by molar-refractivity contribution is 5.93. The fraction of sp³-hybridized carbons (Fsp3) is 0.500.